The third-order valence-corrected chi connectivity index (χ3v) is 2.19. The summed E-state index contributed by atoms with van der Waals surface area (Å²) < 4.78 is 0. The topological polar surface area (TPSA) is 75.1 Å². The van der Waals surface area contributed by atoms with Gasteiger partial charge in [-0.05, 0) is 17.7 Å². The lowest BCUT2D eigenvalue weighted by molar-refractivity contribution is 0.102. The summed E-state index contributed by atoms with van der Waals surface area (Å²) >= 11 is 0. The number of carbonyl (C=O) groups excluding carboxylic acids is 1. The van der Waals surface area contributed by atoms with Crippen molar-refractivity contribution in [2.75, 3.05) is 5.32 Å². The van der Waals surface area contributed by atoms with Gasteiger partial charge in [-0.3, -0.25) is 4.79 Å². The standard InChI is InChI=1S/C12H11N3O2/c16-7-9-2-1-3-11(4-9)15-12(17)10-5-13-8-14-6-10/h1-6,8,16H,7H2,(H,15,17). The van der Waals surface area contributed by atoms with Crippen LogP contribution in [0, 0.1) is 0 Å². The molecule has 1 aromatic carbocycles. The summed E-state index contributed by atoms with van der Waals surface area (Å²) in [7, 11) is 0. The second-order valence-corrected chi connectivity index (χ2v) is 3.44. The van der Waals surface area contributed by atoms with Crippen LogP contribution in [0.3, 0.4) is 0 Å². The van der Waals surface area contributed by atoms with Crippen molar-refractivity contribution < 1.29 is 9.90 Å². The van der Waals surface area contributed by atoms with Crippen LogP contribution in [-0.2, 0) is 6.61 Å². The first kappa shape index (κ1) is 11.2. The highest BCUT2D eigenvalue weighted by Gasteiger charge is 2.06. The van der Waals surface area contributed by atoms with E-state index in [4.69, 9.17) is 5.11 Å². The highest BCUT2D eigenvalue weighted by molar-refractivity contribution is 6.03. The quantitative estimate of drug-likeness (QED) is 0.829. The fourth-order valence-corrected chi connectivity index (χ4v) is 1.37. The van der Waals surface area contributed by atoms with Crippen LogP contribution >= 0.6 is 0 Å². The summed E-state index contributed by atoms with van der Waals surface area (Å²) in [6.07, 6.45) is 4.25. The molecule has 17 heavy (non-hydrogen) atoms. The molecule has 0 unspecified atom stereocenters. The van der Waals surface area contributed by atoms with Crippen LogP contribution in [0.15, 0.2) is 43.0 Å². The van der Waals surface area contributed by atoms with Crippen molar-refractivity contribution in [1.29, 1.82) is 0 Å². The second-order valence-electron chi connectivity index (χ2n) is 3.44. The maximum atomic E-state index is 11.8. The monoisotopic (exact) mass is 229 g/mol. The first-order valence-corrected chi connectivity index (χ1v) is 5.06. The van der Waals surface area contributed by atoms with Crippen molar-refractivity contribution >= 4 is 11.6 Å². The van der Waals surface area contributed by atoms with E-state index in [0.717, 1.165) is 5.56 Å². The molecule has 1 heterocycles. The van der Waals surface area contributed by atoms with E-state index in [2.05, 4.69) is 15.3 Å². The number of amides is 1. The number of aromatic nitrogens is 2. The average molecular weight is 229 g/mol. The zero-order valence-electron chi connectivity index (χ0n) is 9.00. The van der Waals surface area contributed by atoms with Crippen molar-refractivity contribution in [3.8, 4) is 0 Å². The van der Waals surface area contributed by atoms with E-state index < -0.39 is 0 Å². The zero-order chi connectivity index (χ0) is 12.1. The van der Waals surface area contributed by atoms with Crippen LogP contribution in [0.2, 0.25) is 0 Å². The Kier molecular flexibility index (Phi) is 3.42. The van der Waals surface area contributed by atoms with Gasteiger partial charge in [-0.2, -0.15) is 0 Å². The van der Waals surface area contributed by atoms with Crippen molar-refractivity contribution in [2.24, 2.45) is 0 Å². The molecule has 2 rings (SSSR count). The van der Waals surface area contributed by atoms with Gasteiger partial charge in [0.15, 0.2) is 0 Å². The highest BCUT2D eigenvalue weighted by Crippen LogP contribution is 2.11. The molecule has 0 saturated carbocycles. The van der Waals surface area contributed by atoms with E-state index in [-0.39, 0.29) is 12.5 Å². The number of hydrogen-bond acceptors (Lipinski definition) is 4. The van der Waals surface area contributed by atoms with Gasteiger partial charge in [0.25, 0.3) is 5.91 Å². The van der Waals surface area contributed by atoms with Crippen molar-refractivity contribution in [3.05, 3.63) is 54.1 Å². The molecule has 5 heteroatoms. The summed E-state index contributed by atoms with van der Waals surface area (Å²) in [4.78, 5) is 19.3. The lowest BCUT2D eigenvalue weighted by Gasteiger charge is -2.05. The van der Waals surface area contributed by atoms with Crippen molar-refractivity contribution in [3.63, 3.8) is 0 Å². The number of aliphatic hydroxyl groups excluding tert-OH is 1. The van der Waals surface area contributed by atoms with Crippen LogP contribution in [-0.4, -0.2) is 21.0 Å². The summed E-state index contributed by atoms with van der Waals surface area (Å²) in [5.41, 5.74) is 1.76. The van der Waals surface area contributed by atoms with E-state index in [0.29, 0.717) is 11.3 Å². The normalized spacial score (nSPS) is 9.94. The van der Waals surface area contributed by atoms with Gasteiger partial charge in [-0.25, -0.2) is 9.97 Å². The first-order chi connectivity index (χ1) is 8.29. The molecule has 5 nitrogen and oxygen atoms in total. The lowest BCUT2D eigenvalue weighted by atomic mass is 10.2. The number of aliphatic hydroxyl groups is 1. The third-order valence-electron chi connectivity index (χ3n) is 2.19. The largest absolute Gasteiger partial charge is 0.392 e. The molecule has 0 aliphatic heterocycles. The summed E-state index contributed by atoms with van der Waals surface area (Å²) in [6.45, 7) is -0.0574. The Labute approximate surface area is 98.2 Å². The Bertz CT molecular complexity index is 514. The summed E-state index contributed by atoms with van der Waals surface area (Å²) in [6, 6.07) is 7.01. The first-order valence-electron chi connectivity index (χ1n) is 5.06. The molecule has 0 spiro atoms. The predicted molar refractivity (Wildman–Crippen MR) is 62.4 cm³/mol. The van der Waals surface area contributed by atoms with Gasteiger partial charge >= 0.3 is 0 Å². The highest BCUT2D eigenvalue weighted by atomic mass is 16.3. The Morgan fingerprint density at radius 2 is 2.06 bits per heavy atom. The molecule has 0 aliphatic rings. The fourth-order valence-electron chi connectivity index (χ4n) is 1.37. The molecule has 0 radical (unpaired) electrons. The Morgan fingerprint density at radius 1 is 1.29 bits per heavy atom. The van der Waals surface area contributed by atoms with E-state index in [1.54, 1.807) is 24.3 Å². The van der Waals surface area contributed by atoms with Crippen LogP contribution < -0.4 is 5.32 Å². The van der Waals surface area contributed by atoms with Gasteiger partial charge < -0.3 is 10.4 Å². The minimum absolute atomic E-state index is 0.0574. The molecule has 1 aromatic heterocycles. The average Bonchev–Trinajstić information content (AvgIpc) is 2.40. The number of hydrogen-bond donors (Lipinski definition) is 2. The van der Waals surface area contributed by atoms with E-state index in [1.807, 2.05) is 0 Å². The molecule has 86 valence electrons. The van der Waals surface area contributed by atoms with Gasteiger partial charge in [0.2, 0.25) is 0 Å². The molecule has 0 fully saturated rings. The number of nitrogens with zero attached hydrogens (tertiary/aromatic N) is 2. The maximum Gasteiger partial charge on any atom is 0.258 e. The van der Waals surface area contributed by atoms with E-state index >= 15 is 0 Å². The van der Waals surface area contributed by atoms with Crippen LogP contribution in [0.1, 0.15) is 15.9 Å². The fraction of sp³-hybridized carbons (Fsp3) is 0.0833. The number of anilines is 1. The minimum Gasteiger partial charge on any atom is -0.392 e. The predicted octanol–water partition coefficient (Wildman–Crippen LogP) is 1.22. The molecule has 1 amide bonds. The number of rotatable bonds is 3. The van der Waals surface area contributed by atoms with Gasteiger partial charge in [0.05, 0.1) is 12.2 Å². The van der Waals surface area contributed by atoms with Crippen LogP contribution in [0.25, 0.3) is 0 Å². The molecule has 2 N–H and O–H groups in total. The van der Waals surface area contributed by atoms with E-state index in [1.165, 1.54) is 18.7 Å². The van der Waals surface area contributed by atoms with Crippen LogP contribution in [0.5, 0.6) is 0 Å². The number of nitrogens with one attached hydrogen (secondary N) is 1. The molecule has 0 saturated heterocycles. The van der Waals surface area contributed by atoms with Gasteiger partial charge in [0, 0.05) is 18.1 Å². The number of benzene rings is 1. The minimum atomic E-state index is -0.277. The van der Waals surface area contributed by atoms with Crippen molar-refractivity contribution in [2.45, 2.75) is 6.61 Å². The number of carbonyl (C=O) groups is 1. The molecule has 0 atom stereocenters. The van der Waals surface area contributed by atoms with E-state index in [9.17, 15) is 4.79 Å². The Balaban J connectivity index is 2.13. The SMILES string of the molecule is O=C(Nc1cccc(CO)c1)c1cncnc1. The van der Waals surface area contributed by atoms with Crippen molar-refractivity contribution in [1.82, 2.24) is 9.97 Å². The Hall–Kier alpha value is -2.27. The molecule has 0 aliphatic carbocycles. The maximum absolute atomic E-state index is 11.8. The molecule has 2 aromatic rings. The third kappa shape index (κ3) is 2.85. The lowest BCUT2D eigenvalue weighted by Crippen LogP contribution is -2.12. The summed E-state index contributed by atoms with van der Waals surface area (Å²) in [5, 5.41) is 11.7. The Morgan fingerprint density at radius 3 is 2.76 bits per heavy atom. The molecular formula is C12H11N3O2. The smallest absolute Gasteiger partial charge is 0.258 e. The summed E-state index contributed by atoms with van der Waals surface area (Å²) in [5.74, 6) is -0.277. The second kappa shape index (κ2) is 5.18. The molecular weight excluding hydrogens is 218 g/mol. The zero-order valence-corrected chi connectivity index (χ0v) is 9.00. The van der Waals surface area contributed by atoms with Gasteiger partial charge in [-0.15, -0.1) is 0 Å². The van der Waals surface area contributed by atoms with Gasteiger partial charge in [0.1, 0.15) is 6.33 Å². The molecule has 0 bridgehead atoms. The van der Waals surface area contributed by atoms with Gasteiger partial charge in [-0.1, -0.05) is 12.1 Å². The van der Waals surface area contributed by atoms with Crippen LogP contribution in [0.4, 0.5) is 5.69 Å².